The standard InChI is InChI=1S/C31H45NO6S/c1-7-19(2)13-20(3)14-21(4)23(6)29(36)28-12-10-8-9-11-25(34)16-27(35)26(17-33)30-32-24(18-39-30)15-22(5)31(37)38-28/h7-11,13,15,18,21,23,25-29,33-36H,12,14,16-17H2,1-6H3/b10-8-,11-9+,19-7+,20-13+,22-15+. The molecular weight excluding hydrogens is 514 g/mol. The van der Waals surface area contributed by atoms with Gasteiger partial charge in [-0.25, -0.2) is 9.78 Å². The highest BCUT2D eigenvalue weighted by Crippen LogP contribution is 2.29. The van der Waals surface area contributed by atoms with Crippen molar-refractivity contribution in [2.75, 3.05) is 6.61 Å². The second kappa shape index (κ2) is 16.0. The van der Waals surface area contributed by atoms with Crippen LogP contribution in [0.4, 0.5) is 0 Å². The van der Waals surface area contributed by atoms with E-state index in [2.05, 4.69) is 37.9 Å². The van der Waals surface area contributed by atoms with E-state index < -0.39 is 36.3 Å². The highest BCUT2D eigenvalue weighted by molar-refractivity contribution is 7.09. The predicted octanol–water partition coefficient (Wildman–Crippen LogP) is 5.10. The number of esters is 1. The molecule has 2 heterocycles. The van der Waals surface area contributed by atoms with E-state index in [0.717, 1.165) is 6.42 Å². The summed E-state index contributed by atoms with van der Waals surface area (Å²) in [4.78, 5) is 17.5. The number of cyclic esters (lactones) is 1. The Labute approximate surface area is 237 Å². The van der Waals surface area contributed by atoms with Crippen LogP contribution >= 0.6 is 11.3 Å². The number of fused-ring (bicyclic) bond motifs is 2. The molecule has 2 rings (SSSR count). The van der Waals surface area contributed by atoms with Gasteiger partial charge in [0.2, 0.25) is 0 Å². The van der Waals surface area contributed by atoms with Crippen LogP contribution in [-0.2, 0) is 9.53 Å². The number of ether oxygens (including phenoxy) is 1. The Bertz CT molecular complexity index is 1080. The largest absolute Gasteiger partial charge is 0.456 e. The molecule has 7 unspecified atom stereocenters. The first-order chi connectivity index (χ1) is 18.5. The number of aromatic nitrogens is 1. The Hall–Kier alpha value is -2.36. The molecule has 0 saturated heterocycles. The van der Waals surface area contributed by atoms with Gasteiger partial charge in [-0.3, -0.25) is 0 Å². The Morgan fingerprint density at radius 2 is 1.97 bits per heavy atom. The molecular formula is C31H45NO6S. The van der Waals surface area contributed by atoms with Crippen LogP contribution in [0.25, 0.3) is 6.08 Å². The third kappa shape index (κ3) is 10.3. The van der Waals surface area contributed by atoms with Gasteiger partial charge in [-0.05, 0) is 52.0 Å². The monoisotopic (exact) mass is 559 g/mol. The summed E-state index contributed by atoms with van der Waals surface area (Å²) in [6, 6.07) is 0. The molecule has 7 nitrogen and oxygen atoms in total. The fourth-order valence-electron chi connectivity index (χ4n) is 4.54. The lowest BCUT2D eigenvalue weighted by Gasteiger charge is -2.31. The third-order valence-electron chi connectivity index (χ3n) is 7.29. The normalized spacial score (nSPS) is 29.4. The number of aliphatic hydroxyl groups excluding tert-OH is 4. The molecule has 216 valence electrons. The van der Waals surface area contributed by atoms with Crippen LogP contribution in [0.15, 0.2) is 58.6 Å². The SMILES string of the molecule is C/C=C(C)/C=C(\C)CC(C)C(C)C(O)C1C/C=C\C=C\C(O)CC(O)C(CO)c2nc(cs2)/C=C(\C)C(=O)O1. The summed E-state index contributed by atoms with van der Waals surface area (Å²) in [5.41, 5.74) is 3.25. The van der Waals surface area contributed by atoms with Crippen molar-refractivity contribution in [3.05, 3.63) is 69.3 Å². The number of thiazole rings is 1. The van der Waals surface area contributed by atoms with Crippen LogP contribution < -0.4 is 0 Å². The van der Waals surface area contributed by atoms with Gasteiger partial charge in [-0.1, -0.05) is 61.4 Å². The van der Waals surface area contributed by atoms with Crippen molar-refractivity contribution in [1.82, 2.24) is 4.98 Å². The maximum absolute atomic E-state index is 13.0. The fourth-order valence-corrected chi connectivity index (χ4v) is 5.47. The van der Waals surface area contributed by atoms with Crippen LogP contribution in [0.3, 0.4) is 0 Å². The van der Waals surface area contributed by atoms with E-state index in [1.54, 1.807) is 42.7 Å². The van der Waals surface area contributed by atoms with Crippen LogP contribution in [0.1, 0.15) is 77.4 Å². The minimum atomic E-state index is -0.994. The first kappa shape index (κ1) is 32.8. The summed E-state index contributed by atoms with van der Waals surface area (Å²) in [5.74, 6) is -1.18. The van der Waals surface area contributed by atoms with Crippen molar-refractivity contribution in [3.8, 4) is 0 Å². The van der Waals surface area contributed by atoms with Gasteiger partial charge in [0.1, 0.15) is 11.1 Å². The quantitative estimate of drug-likeness (QED) is 0.271. The minimum absolute atomic E-state index is 0.0408. The summed E-state index contributed by atoms with van der Waals surface area (Å²) in [6.07, 6.45) is 10.1. The lowest BCUT2D eigenvalue weighted by Crippen LogP contribution is -2.38. The van der Waals surface area contributed by atoms with Gasteiger partial charge in [-0.15, -0.1) is 11.3 Å². The maximum atomic E-state index is 13.0. The van der Waals surface area contributed by atoms with E-state index in [9.17, 15) is 25.2 Å². The second-order valence-electron chi connectivity index (χ2n) is 10.6. The molecule has 0 aliphatic carbocycles. The first-order valence-electron chi connectivity index (χ1n) is 13.6. The molecule has 0 aromatic carbocycles. The second-order valence-corrected chi connectivity index (χ2v) is 11.5. The van der Waals surface area contributed by atoms with E-state index >= 15 is 0 Å². The van der Waals surface area contributed by atoms with Crippen molar-refractivity contribution in [2.24, 2.45) is 11.8 Å². The van der Waals surface area contributed by atoms with Crippen LogP contribution in [0.5, 0.6) is 0 Å². The van der Waals surface area contributed by atoms with Gasteiger partial charge in [0.05, 0.1) is 36.5 Å². The molecule has 7 atom stereocenters. The van der Waals surface area contributed by atoms with Gasteiger partial charge in [0.25, 0.3) is 0 Å². The predicted molar refractivity (Wildman–Crippen MR) is 157 cm³/mol. The fraction of sp³-hybridized carbons (Fsp3) is 0.548. The highest BCUT2D eigenvalue weighted by Gasteiger charge is 2.31. The number of carbonyl (C=O) groups is 1. The zero-order chi connectivity index (χ0) is 29.1. The minimum Gasteiger partial charge on any atom is -0.456 e. The molecule has 0 fully saturated rings. The third-order valence-corrected chi connectivity index (χ3v) is 8.28. The van der Waals surface area contributed by atoms with Crippen molar-refractivity contribution >= 4 is 23.4 Å². The molecule has 0 amide bonds. The lowest BCUT2D eigenvalue weighted by atomic mass is 9.83. The average molecular weight is 560 g/mol. The van der Waals surface area contributed by atoms with Gasteiger partial charge in [0.15, 0.2) is 0 Å². The molecule has 1 aromatic heterocycles. The van der Waals surface area contributed by atoms with Gasteiger partial charge in [0, 0.05) is 23.8 Å². The van der Waals surface area contributed by atoms with Crippen LogP contribution in [0.2, 0.25) is 0 Å². The Morgan fingerprint density at radius 1 is 1.26 bits per heavy atom. The number of rotatable bonds is 7. The summed E-state index contributed by atoms with van der Waals surface area (Å²) >= 11 is 1.27. The Balaban J connectivity index is 2.32. The molecule has 39 heavy (non-hydrogen) atoms. The average Bonchev–Trinajstić information content (AvgIpc) is 3.34. The zero-order valence-corrected chi connectivity index (χ0v) is 24.8. The smallest absolute Gasteiger partial charge is 0.334 e. The zero-order valence-electron chi connectivity index (χ0n) is 23.9. The molecule has 8 heteroatoms. The molecule has 1 aromatic rings. The summed E-state index contributed by atoms with van der Waals surface area (Å²) < 4.78 is 5.83. The molecule has 1 aliphatic rings. The van der Waals surface area contributed by atoms with Crippen LogP contribution in [0, 0.1) is 11.8 Å². The first-order valence-corrected chi connectivity index (χ1v) is 14.5. The molecule has 0 saturated carbocycles. The maximum Gasteiger partial charge on any atom is 0.334 e. The molecule has 4 N–H and O–H groups in total. The van der Waals surface area contributed by atoms with E-state index in [4.69, 9.17) is 4.74 Å². The number of hydrogen-bond donors (Lipinski definition) is 4. The summed E-state index contributed by atoms with van der Waals surface area (Å²) in [7, 11) is 0. The number of allylic oxidation sites excluding steroid dienone is 6. The van der Waals surface area contributed by atoms with Gasteiger partial charge in [-0.2, -0.15) is 0 Å². The van der Waals surface area contributed by atoms with Crippen molar-refractivity contribution in [2.45, 2.75) is 91.1 Å². The Morgan fingerprint density at radius 3 is 2.64 bits per heavy atom. The number of nitrogens with zero attached hydrogens (tertiary/aromatic N) is 1. The van der Waals surface area contributed by atoms with Crippen molar-refractivity contribution in [3.63, 3.8) is 0 Å². The van der Waals surface area contributed by atoms with Crippen molar-refractivity contribution in [1.29, 1.82) is 0 Å². The highest BCUT2D eigenvalue weighted by atomic mass is 32.1. The van der Waals surface area contributed by atoms with E-state index in [1.807, 2.05) is 13.8 Å². The molecule has 2 bridgehead atoms. The number of aliphatic hydroxyl groups is 4. The van der Waals surface area contributed by atoms with Gasteiger partial charge < -0.3 is 25.2 Å². The van der Waals surface area contributed by atoms with Gasteiger partial charge >= 0.3 is 5.97 Å². The molecule has 0 spiro atoms. The molecule has 0 radical (unpaired) electrons. The Kier molecular flexibility index (Phi) is 13.5. The summed E-state index contributed by atoms with van der Waals surface area (Å²) in [6.45, 7) is 11.5. The number of carbonyl (C=O) groups excluding carboxylic acids is 1. The lowest BCUT2D eigenvalue weighted by molar-refractivity contribution is -0.152. The number of hydrogen-bond acceptors (Lipinski definition) is 8. The van der Waals surface area contributed by atoms with E-state index in [1.165, 1.54) is 22.5 Å². The summed E-state index contributed by atoms with van der Waals surface area (Å²) in [5, 5.41) is 44.4. The topological polar surface area (TPSA) is 120 Å². The van der Waals surface area contributed by atoms with Crippen molar-refractivity contribution < 1.29 is 30.0 Å². The van der Waals surface area contributed by atoms with E-state index in [0.29, 0.717) is 22.7 Å². The molecule has 1 aliphatic heterocycles. The van der Waals surface area contributed by atoms with E-state index in [-0.39, 0.29) is 24.9 Å². The van der Waals surface area contributed by atoms with Crippen LogP contribution in [-0.4, -0.2) is 62.4 Å².